The van der Waals surface area contributed by atoms with Crippen molar-refractivity contribution in [2.24, 2.45) is 11.8 Å². The number of likely N-dealkylation sites (tertiary alicyclic amines) is 1. The number of fused-ring (bicyclic) bond motifs is 3. The van der Waals surface area contributed by atoms with Gasteiger partial charge >= 0.3 is 0 Å². The second-order valence-electron chi connectivity index (χ2n) is 18.2. The smallest absolute Gasteiger partial charge is 0.265 e. The average Bonchev–Trinajstić information content (AvgIpc) is 3.85. The summed E-state index contributed by atoms with van der Waals surface area (Å²) in [5, 5.41) is 5.50. The van der Waals surface area contributed by atoms with Crippen LogP contribution in [0.15, 0.2) is 47.9 Å². The quantitative estimate of drug-likeness (QED) is 0.211. The molecule has 3 aromatic rings. The van der Waals surface area contributed by atoms with Crippen molar-refractivity contribution in [2.75, 3.05) is 26.7 Å². The summed E-state index contributed by atoms with van der Waals surface area (Å²) < 4.78 is 69.8. The number of thiazole rings is 1. The number of aryl methyl sites for hydroxylation is 1. The highest BCUT2D eigenvalue weighted by atomic mass is 32.2. The second-order valence-corrected chi connectivity index (χ2v) is 21.0. The summed E-state index contributed by atoms with van der Waals surface area (Å²) in [6.45, 7) is 5.37. The SMILES string of the molecule is COc1ccc2c(OC3CC4C(=O)NC5(C(=O)NS(=O)(=O)C6CC6)C=CC5C=CCCCCCC(CC(=O)N5CCCC(F)(F)C5)C(=O)N4C3)cc(-c3nc(C(C)C)cs3)nc2c1C. The molecule has 5 aliphatic rings. The van der Waals surface area contributed by atoms with Gasteiger partial charge in [-0.1, -0.05) is 51.0 Å². The summed E-state index contributed by atoms with van der Waals surface area (Å²) in [5.41, 5.74) is 1.08. The predicted molar refractivity (Wildman–Crippen MR) is 237 cm³/mol. The van der Waals surface area contributed by atoms with Crippen LogP contribution in [0.2, 0.25) is 0 Å². The van der Waals surface area contributed by atoms with Gasteiger partial charge in [-0.2, -0.15) is 0 Å². The van der Waals surface area contributed by atoms with E-state index in [9.17, 15) is 36.4 Å². The van der Waals surface area contributed by atoms with Crippen molar-refractivity contribution in [1.82, 2.24) is 29.8 Å². The molecule has 1 aromatic carbocycles. The number of piperidine rings is 1. The van der Waals surface area contributed by atoms with Crippen molar-refractivity contribution >= 4 is 55.9 Å². The van der Waals surface area contributed by atoms with E-state index in [1.807, 2.05) is 30.5 Å². The lowest BCUT2D eigenvalue weighted by Crippen LogP contribution is -2.67. The summed E-state index contributed by atoms with van der Waals surface area (Å²) in [6.07, 6.45) is 9.33. The van der Waals surface area contributed by atoms with Crippen LogP contribution in [0.25, 0.3) is 21.6 Å². The molecule has 0 radical (unpaired) electrons. The van der Waals surface area contributed by atoms with Gasteiger partial charge in [0.15, 0.2) is 0 Å². The topological polar surface area (TPSA) is 177 Å². The molecular weight excluding hydrogens is 867 g/mol. The largest absolute Gasteiger partial charge is 0.496 e. The molecule has 18 heteroatoms. The predicted octanol–water partition coefficient (Wildman–Crippen LogP) is 6.58. The highest BCUT2D eigenvalue weighted by Gasteiger charge is 2.53. The molecule has 2 aliphatic carbocycles. The maximum Gasteiger partial charge on any atom is 0.265 e. The van der Waals surface area contributed by atoms with Crippen molar-refractivity contribution in [3.05, 3.63) is 59.1 Å². The van der Waals surface area contributed by atoms with E-state index >= 15 is 0 Å². The summed E-state index contributed by atoms with van der Waals surface area (Å²) in [5.74, 6) is -6.06. The molecule has 3 aliphatic heterocycles. The maximum atomic E-state index is 15.0. The van der Waals surface area contributed by atoms with E-state index in [0.29, 0.717) is 65.2 Å². The Hall–Kier alpha value is -4.97. The minimum Gasteiger partial charge on any atom is -0.496 e. The van der Waals surface area contributed by atoms with Gasteiger partial charge < -0.3 is 24.6 Å². The Balaban J connectivity index is 1.15. The molecule has 2 saturated heterocycles. The zero-order valence-electron chi connectivity index (χ0n) is 36.6. The number of amides is 4. The first-order valence-corrected chi connectivity index (χ1v) is 24.7. The second kappa shape index (κ2) is 18.1. The van der Waals surface area contributed by atoms with Crippen molar-refractivity contribution < 1.29 is 45.9 Å². The first-order valence-electron chi connectivity index (χ1n) is 22.3. The van der Waals surface area contributed by atoms with Crippen LogP contribution >= 0.6 is 11.3 Å². The van der Waals surface area contributed by atoms with E-state index < -0.39 is 80.9 Å². The van der Waals surface area contributed by atoms with Gasteiger partial charge in [-0.3, -0.25) is 23.9 Å². The van der Waals surface area contributed by atoms with Gasteiger partial charge in [0.1, 0.15) is 39.9 Å². The van der Waals surface area contributed by atoms with E-state index in [1.54, 1.807) is 25.3 Å². The van der Waals surface area contributed by atoms with E-state index in [0.717, 1.165) is 22.6 Å². The Morgan fingerprint density at radius 1 is 1.06 bits per heavy atom. The number of carbonyl (C=O) groups excluding carboxylic acids is 4. The Morgan fingerprint density at radius 3 is 2.55 bits per heavy atom. The van der Waals surface area contributed by atoms with Crippen molar-refractivity contribution in [2.45, 2.75) is 126 Å². The molecule has 5 unspecified atom stereocenters. The van der Waals surface area contributed by atoms with Gasteiger partial charge in [0.25, 0.3) is 11.8 Å². The van der Waals surface area contributed by atoms with E-state index in [4.69, 9.17) is 19.4 Å². The van der Waals surface area contributed by atoms with Crippen molar-refractivity contribution in [3.8, 4) is 22.2 Å². The summed E-state index contributed by atoms with van der Waals surface area (Å²) in [4.78, 5) is 70.0. The number of halogens is 2. The number of benzene rings is 1. The number of ether oxygens (including phenoxy) is 2. The van der Waals surface area contributed by atoms with Crippen LogP contribution in [-0.2, 0) is 29.2 Å². The Bertz CT molecular complexity index is 2490. The van der Waals surface area contributed by atoms with Gasteiger partial charge in [-0.25, -0.2) is 27.2 Å². The molecule has 5 heterocycles. The number of methoxy groups -OCH3 is 1. The molecule has 8 rings (SSSR count). The molecule has 2 N–H and O–H groups in total. The third-order valence-electron chi connectivity index (χ3n) is 13.1. The number of carbonyl (C=O) groups is 4. The lowest BCUT2D eigenvalue weighted by molar-refractivity contribution is -0.149. The van der Waals surface area contributed by atoms with Crippen molar-refractivity contribution in [1.29, 1.82) is 0 Å². The third kappa shape index (κ3) is 9.40. The Kier molecular flexibility index (Phi) is 12.9. The first-order chi connectivity index (χ1) is 30.5. The van der Waals surface area contributed by atoms with Crippen LogP contribution in [0.5, 0.6) is 11.5 Å². The maximum absolute atomic E-state index is 15.0. The minimum absolute atomic E-state index is 0.0259. The molecule has 14 nitrogen and oxygen atoms in total. The molecule has 3 fully saturated rings. The number of hydrogen-bond acceptors (Lipinski definition) is 11. The highest BCUT2D eigenvalue weighted by Crippen LogP contribution is 2.40. The van der Waals surface area contributed by atoms with Crippen molar-refractivity contribution in [3.63, 3.8) is 0 Å². The molecule has 2 aromatic heterocycles. The number of rotatable bonds is 10. The lowest BCUT2D eigenvalue weighted by Gasteiger charge is -2.42. The molecule has 1 saturated carbocycles. The monoisotopic (exact) mass is 922 g/mol. The molecule has 5 atom stereocenters. The average molecular weight is 923 g/mol. The van der Waals surface area contributed by atoms with Gasteiger partial charge in [-0.15, -0.1) is 11.3 Å². The van der Waals surface area contributed by atoms with E-state index in [-0.39, 0.29) is 51.1 Å². The van der Waals surface area contributed by atoms with Gasteiger partial charge in [-0.05, 0) is 63.5 Å². The van der Waals surface area contributed by atoms with Crippen LogP contribution in [0, 0.1) is 18.8 Å². The fourth-order valence-corrected chi connectivity index (χ4v) is 11.4. The van der Waals surface area contributed by atoms with E-state index in [2.05, 4.69) is 23.9 Å². The molecule has 0 bridgehead atoms. The molecular formula is C46H56F2N6O8S2. The van der Waals surface area contributed by atoms with Crippen LogP contribution in [-0.4, -0.2) is 107 Å². The number of nitrogens with one attached hydrogen (secondary N) is 2. The van der Waals surface area contributed by atoms with Crippen LogP contribution in [0.3, 0.4) is 0 Å². The molecule has 4 amide bonds. The molecule has 0 spiro atoms. The summed E-state index contributed by atoms with van der Waals surface area (Å²) in [7, 11) is -2.42. The Morgan fingerprint density at radius 2 is 1.86 bits per heavy atom. The van der Waals surface area contributed by atoms with E-state index in [1.165, 1.54) is 22.3 Å². The number of nitrogens with zero attached hydrogens (tertiary/aromatic N) is 4. The zero-order chi connectivity index (χ0) is 45.6. The van der Waals surface area contributed by atoms with Gasteiger partial charge in [0.05, 0.1) is 36.7 Å². The van der Waals surface area contributed by atoms with Gasteiger partial charge in [0.2, 0.25) is 27.7 Å². The number of sulfonamides is 1. The summed E-state index contributed by atoms with van der Waals surface area (Å²) >= 11 is 1.45. The number of alkyl halides is 2. The zero-order valence-corrected chi connectivity index (χ0v) is 38.2. The highest BCUT2D eigenvalue weighted by molar-refractivity contribution is 7.91. The molecule has 344 valence electrons. The number of pyridine rings is 1. The number of allylic oxidation sites excluding steroid dienone is 1. The number of hydrogen-bond donors (Lipinski definition) is 2. The minimum atomic E-state index is -4.00. The lowest BCUT2D eigenvalue weighted by atomic mass is 9.73. The fourth-order valence-electron chi connectivity index (χ4n) is 9.16. The first kappa shape index (κ1) is 45.6. The fraction of sp³-hybridized carbons (Fsp3) is 0.565. The van der Waals surface area contributed by atoms with Crippen LogP contribution < -0.4 is 19.5 Å². The number of aromatic nitrogens is 2. The normalized spacial score (nSPS) is 26.4. The standard InChI is InChI=1S/C46H56F2N6O8S2/c1-27(2)35-25-63-42(50-35)34-23-38(33-15-16-37(61-4)28(3)40(33)49-34)62-31-22-36-41(56)51-46(44(58)52-64(59,60)32-13-14-32)19-17-30(46)12-9-7-5-6-8-11-29(43(57)54(36)24-31)21-39(55)53-20-10-18-45(47,48)26-53/h9,12,15-17,19,23,25,27,29-32,36H,5-8,10-11,13-14,18,20-22,24,26H2,1-4H3,(H,51,56)(H,52,58). The Labute approximate surface area is 376 Å². The van der Waals surface area contributed by atoms with Crippen LogP contribution in [0.4, 0.5) is 8.78 Å². The van der Waals surface area contributed by atoms with Gasteiger partial charge in [0, 0.05) is 60.0 Å². The third-order valence-corrected chi connectivity index (χ3v) is 15.8. The summed E-state index contributed by atoms with van der Waals surface area (Å²) in [6, 6.07) is 4.22. The van der Waals surface area contributed by atoms with Crippen LogP contribution in [0.1, 0.15) is 102 Å². The molecule has 64 heavy (non-hydrogen) atoms.